The lowest BCUT2D eigenvalue weighted by Gasteiger charge is -2.43. The van der Waals surface area contributed by atoms with Crippen LogP contribution in [-0.2, 0) is 10.2 Å². The molecule has 24 heavy (non-hydrogen) atoms. The van der Waals surface area contributed by atoms with E-state index in [0.717, 1.165) is 31.6 Å². The summed E-state index contributed by atoms with van der Waals surface area (Å²) in [6, 6.07) is 8.49. The second-order valence-corrected chi connectivity index (χ2v) is 7.29. The molecule has 1 saturated heterocycles. The van der Waals surface area contributed by atoms with Crippen LogP contribution in [0.1, 0.15) is 18.4 Å². The first-order chi connectivity index (χ1) is 11.6. The van der Waals surface area contributed by atoms with Crippen molar-refractivity contribution < 1.29 is 4.79 Å². The van der Waals surface area contributed by atoms with Crippen LogP contribution in [0.4, 0.5) is 5.69 Å². The van der Waals surface area contributed by atoms with Gasteiger partial charge in [0.1, 0.15) is 0 Å². The first-order valence-corrected chi connectivity index (χ1v) is 8.65. The molecule has 1 aliphatic carbocycles. The van der Waals surface area contributed by atoms with E-state index in [1.165, 1.54) is 5.56 Å². The Morgan fingerprint density at radius 3 is 2.71 bits per heavy atom. The molecule has 3 aliphatic rings. The van der Waals surface area contributed by atoms with E-state index in [9.17, 15) is 4.79 Å². The molecule has 0 bridgehead atoms. The molecular formula is C21H24N2O. The van der Waals surface area contributed by atoms with Crippen molar-refractivity contribution in [1.82, 2.24) is 4.90 Å². The van der Waals surface area contributed by atoms with Gasteiger partial charge in [-0.3, -0.25) is 9.69 Å². The van der Waals surface area contributed by atoms with E-state index >= 15 is 0 Å². The highest BCUT2D eigenvalue weighted by molar-refractivity contribution is 5.98. The minimum Gasteiger partial charge on any atom is -0.326 e. The van der Waals surface area contributed by atoms with Gasteiger partial charge in [0.05, 0.1) is 5.92 Å². The van der Waals surface area contributed by atoms with Crippen molar-refractivity contribution in [3.05, 3.63) is 67.8 Å². The first-order valence-electron chi connectivity index (χ1n) is 8.65. The van der Waals surface area contributed by atoms with Crippen molar-refractivity contribution in [1.29, 1.82) is 0 Å². The number of benzene rings is 1. The average Bonchev–Trinajstić information content (AvgIpc) is 3.11. The molecule has 1 aromatic carbocycles. The van der Waals surface area contributed by atoms with Crippen molar-refractivity contribution in [2.24, 2.45) is 11.3 Å². The molecule has 0 unspecified atom stereocenters. The van der Waals surface area contributed by atoms with Crippen LogP contribution in [0.5, 0.6) is 0 Å². The number of hydrogen-bond acceptors (Lipinski definition) is 2. The SMILES string of the molecule is C=CCN1CC[C@]23c4ccccc4NC(=O)[C@@H]2CC(C=C)(C=C)[C@H]13. The molecule has 2 heterocycles. The molecule has 4 rings (SSSR count). The van der Waals surface area contributed by atoms with Crippen molar-refractivity contribution in [2.45, 2.75) is 24.3 Å². The number of amides is 1. The topological polar surface area (TPSA) is 32.3 Å². The summed E-state index contributed by atoms with van der Waals surface area (Å²) in [4.78, 5) is 15.4. The van der Waals surface area contributed by atoms with E-state index in [2.05, 4.69) is 42.1 Å². The Morgan fingerprint density at radius 1 is 1.25 bits per heavy atom. The maximum absolute atomic E-state index is 12.9. The molecule has 0 radical (unpaired) electrons. The molecule has 3 heteroatoms. The van der Waals surface area contributed by atoms with Gasteiger partial charge in [-0.05, 0) is 31.0 Å². The Hall–Kier alpha value is -2.13. The Bertz CT molecular complexity index is 729. The van der Waals surface area contributed by atoms with Gasteiger partial charge in [-0.15, -0.1) is 19.7 Å². The van der Waals surface area contributed by atoms with Crippen LogP contribution < -0.4 is 5.32 Å². The Balaban J connectivity index is 1.98. The summed E-state index contributed by atoms with van der Waals surface area (Å²) in [6.07, 6.45) is 7.75. The maximum atomic E-state index is 12.9. The third-order valence-corrected chi connectivity index (χ3v) is 6.48. The normalized spacial score (nSPS) is 33.1. The van der Waals surface area contributed by atoms with Crippen molar-refractivity contribution >= 4 is 11.6 Å². The summed E-state index contributed by atoms with van der Waals surface area (Å²) < 4.78 is 0. The summed E-state index contributed by atoms with van der Waals surface area (Å²) in [6.45, 7) is 14.0. The van der Waals surface area contributed by atoms with Gasteiger partial charge in [-0.25, -0.2) is 0 Å². The highest BCUT2D eigenvalue weighted by Crippen LogP contribution is 2.64. The van der Waals surface area contributed by atoms with Crippen molar-refractivity contribution in [2.75, 3.05) is 18.4 Å². The number of nitrogens with one attached hydrogen (secondary N) is 1. The standard InChI is InChI=1S/C21H24N2O/c1-4-12-23-13-11-21-15-9-7-8-10-17(15)22-18(24)16(21)14-20(5-2,6-3)19(21)23/h4-10,16,19H,1-3,11-14H2,(H,22,24)/t16-,19-,21-/m0/s1. The summed E-state index contributed by atoms with van der Waals surface area (Å²) in [5.41, 5.74) is 1.83. The predicted octanol–water partition coefficient (Wildman–Crippen LogP) is 3.52. The van der Waals surface area contributed by atoms with Gasteiger partial charge in [0.25, 0.3) is 0 Å². The molecule has 1 saturated carbocycles. The highest BCUT2D eigenvalue weighted by atomic mass is 16.2. The Kier molecular flexibility index (Phi) is 3.33. The molecule has 3 atom stereocenters. The van der Waals surface area contributed by atoms with Crippen LogP contribution in [0.3, 0.4) is 0 Å². The number of para-hydroxylation sites is 1. The number of rotatable bonds is 4. The van der Waals surface area contributed by atoms with Gasteiger partial charge >= 0.3 is 0 Å². The van der Waals surface area contributed by atoms with E-state index in [-0.39, 0.29) is 28.7 Å². The average molecular weight is 320 g/mol. The van der Waals surface area contributed by atoms with Crippen molar-refractivity contribution in [3.63, 3.8) is 0 Å². The molecule has 1 N–H and O–H groups in total. The number of likely N-dealkylation sites (tertiary alicyclic amines) is 1. The lowest BCUT2D eigenvalue weighted by molar-refractivity contribution is -0.122. The summed E-state index contributed by atoms with van der Waals surface area (Å²) in [5.74, 6) is 0.105. The zero-order valence-electron chi connectivity index (χ0n) is 14.0. The number of carbonyl (C=O) groups excluding carboxylic acids is 1. The number of fused-ring (bicyclic) bond motifs is 1. The molecule has 2 fully saturated rings. The fraction of sp³-hybridized carbons (Fsp3) is 0.381. The Morgan fingerprint density at radius 2 is 2.00 bits per heavy atom. The summed E-state index contributed by atoms with van der Waals surface area (Å²) in [7, 11) is 0. The van der Waals surface area contributed by atoms with Crippen molar-refractivity contribution in [3.8, 4) is 0 Å². The quantitative estimate of drug-likeness (QED) is 0.861. The third-order valence-electron chi connectivity index (χ3n) is 6.48. The molecule has 1 aromatic rings. The lowest BCUT2D eigenvalue weighted by atomic mass is 9.65. The van der Waals surface area contributed by atoms with Gasteiger partial charge in [0, 0.05) is 29.1 Å². The molecule has 0 aromatic heterocycles. The largest absolute Gasteiger partial charge is 0.326 e. The lowest BCUT2D eigenvalue weighted by Crippen LogP contribution is -2.51. The smallest absolute Gasteiger partial charge is 0.228 e. The van der Waals surface area contributed by atoms with Gasteiger partial charge in [-0.2, -0.15) is 0 Å². The van der Waals surface area contributed by atoms with Crippen LogP contribution in [0, 0.1) is 11.3 Å². The van der Waals surface area contributed by atoms with E-state index in [4.69, 9.17) is 0 Å². The van der Waals surface area contributed by atoms with E-state index < -0.39 is 0 Å². The molecule has 124 valence electrons. The first kappa shape index (κ1) is 15.4. The highest BCUT2D eigenvalue weighted by Gasteiger charge is 2.68. The number of carbonyl (C=O) groups is 1. The van der Waals surface area contributed by atoms with Crippen LogP contribution in [-0.4, -0.2) is 29.9 Å². The van der Waals surface area contributed by atoms with Gasteiger partial charge in [0.15, 0.2) is 0 Å². The van der Waals surface area contributed by atoms with E-state index in [1.54, 1.807) is 0 Å². The molecule has 3 nitrogen and oxygen atoms in total. The van der Waals surface area contributed by atoms with Gasteiger partial charge < -0.3 is 5.32 Å². The predicted molar refractivity (Wildman–Crippen MR) is 97.9 cm³/mol. The number of nitrogens with zero attached hydrogens (tertiary/aromatic N) is 1. The minimum atomic E-state index is -0.251. The third kappa shape index (κ3) is 1.68. The monoisotopic (exact) mass is 320 g/mol. The zero-order chi connectivity index (χ0) is 16.9. The van der Waals surface area contributed by atoms with E-state index in [1.807, 2.05) is 30.4 Å². The minimum absolute atomic E-state index is 0.0387. The van der Waals surface area contributed by atoms with Gasteiger partial charge in [0.2, 0.25) is 5.91 Å². The fourth-order valence-corrected chi connectivity index (χ4v) is 5.60. The van der Waals surface area contributed by atoms with Crippen LogP contribution >= 0.6 is 0 Å². The van der Waals surface area contributed by atoms with Gasteiger partial charge in [-0.1, -0.05) is 36.4 Å². The van der Waals surface area contributed by atoms with Crippen LogP contribution in [0.2, 0.25) is 0 Å². The fourth-order valence-electron chi connectivity index (χ4n) is 5.60. The molecule has 1 spiro atoms. The van der Waals surface area contributed by atoms with Crippen LogP contribution in [0.25, 0.3) is 0 Å². The Labute approximate surface area is 143 Å². The summed E-state index contributed by atoms with van der Waals surface area (Å²) >= 11 is 0. The molecular weight excluding hydrogens is 296 g/mol. The molecule has 1 amide bonds. The number of hydrogen-bond donors (Lipinski definition) is 1. The van der Waals surface area contributed by atoms with Crippen LogP contribution in [0.15, 0.2) is 62.2 Å². The second-order valence-electron chi connectivity index (χ2n) is 7.29. The molecule has 2 aliphatic heterocycles. The number of anilines is 1. The maximum Gasteiger partial charge on any atom is 0.228 e. The van der Waals surface area contributed by atoms with E-state index in [0.29, 0.717) is 0 Å². The summed E-state index contributed by atoms with van der Waals surface area (Å²) in [5, 5.41) is 3.13. The zero-order valence-corrected chi connectivity index (χ0v) is 14.0. The second kappa shape index (κ2) is 5.18.